The second-order valence-electron chi connectivity index (χ2n) is 10.4. The molecule has 4 heterocycles. The number of hydrogen-bond acceptors (Lipinski definition) is 5. The van der Waals surface area contributed by atoms with Crippen molar-refractivity contribution >= 4 is 64.2 Å². The highest BCUT2D eigenvalue weighted by Gasteiger charge is 2.21. The molecular formula is C36H21N5S. The molecule has 196 valence electrons. The molecule has 0 spiro atoms. The van der Waals surface area contributed by atoms with Crippen molar-refractivity contribution in [2.24, 2.45) is 0 Å². The van der Waals surface area contributed by atoms with Gasteiger partial charge in [0, 0.05) is 49.0 Å². The average molecular weight is 556 g/mol. The second kappa shape index (κ2) is 9.03. The van der Waals surface area contributed by atoms with Crippen LogP contribution in [0.5, 0.6) is 0 Å². The molecule has 0 aliphatic rings. The smallest absolute Gasteiger partial charge is 0.238 e. The molecular weight excluding hydrogens is 534 g/mol. The van der Waals surface area contributed by atoms with Crippen LogP contribution in [0, 0.1) is 0 Å². The lowest BCUT2D eigenvalue weighted by Crippen LogP contribution is -2.06. The van der Waals surface area contributed by atoms with E-state index < -0.39 is 0 Å². The van der Waals surface area contributed by atoms with E-state index in [1.807, 2.05) is 84.3 Å². The molecule has 0 radical (unpaired) electrons. The van der Waals surface area contributed by atoms with Gasteiger partial charge in [0.15, 0.2) is 11.6 Å². The van der Waals surface area contributed by atoms with Gasteiger partial charge in [-0.15, -0.1) is 11.3 Å². The van der Waals surface area contributed by atoms with E-state index in [0.717, 1.165) is 43.8 Å². The van der Waals surface area contributed by atoms with Gasteiger partial charge in [0.25, 0.3) is 0 Å². The van der Waals surface area contributed by atoms with Gasteiger partial charge in [-0.1, -0.05) is 97.1 Å². The lowest BCUT2D eigenvalue weighted by molar-refractivity contribution is 0.955. The molecule has 9 rings (SSSR count). The van der Waals surface area contributed by atoms with Gasteiger partial charge in [-0.3, -0.25) is 9.55 Å². The maximum Gasteiger partial charge on any atom is 0.238 e. The van der Waals surface area contributed by atoms with E-state index in [1.54, 1.807) is 0 Å². The summed E-state index contributed by atoms with van der Waals surface area (Å²) in [5.74, 6) is 1.86. The number of pyridine rings is 1. The SMILES string of the molecule is c1ccc(-c2nc(-c3ccccc3)nc(-n3c4cc5ncccc5cc4c4ccc5c6ccccc6sc5c43)n2)cc1. The Bertz CT molecular complexity index is 2400. The highest BCUT2D eigenvalue weighted by atomic mass is 32.1. The van der Waals surface area contributed by atoms with Gasteiger partial charge in [-0.05, 0) is 24.3 Å². The zero-order chi connectivity index (χ0) is 27.6. The standard InChI is InChI=1S/C36H21N5S/c1-3-10-22(11-4-1)34-38-35(23-12-5-2-6-13-23)40-36(39-34)41-30-21-29-24(14-9-19-37-29)20-28(30)26-17-18-27-25-15-7-8-16-31(25)42-33(27)32(26)41/h1-21H. The molecule has 5 nitrogen and oxygen atoms in total. The highest BCUT2D eigenvalue weighted by Crippen LogP contribution is 2.43. The van der Waals surface area contributed by atoms with Crippen LogP contribution in [-0.4, -0.2) is 24.5 Å². The van der Waals surface area contributed by atoms with E-state index in [-0.39, 0.29) is 0 Å². The van der Waals surface area contributed by atoms with Gasteiger partial charge in [-0.2, -0.15) is 9.97 Å². The monoisotopic (exact) mass is 555 g/mol. The Balaban J connectivity index is 1.47. The lowest BCUT2D eigenvalue weighted by atomic mass is 10.1. The molecule has 6 heteroatoms. The number of fused-ring (bicyclic) bond motifs is 8. The molecule has 0 aliphatic heterocycles. The Morgan fingerprint density at radius 1 is 0.548 bits per heavy atom. The van der Waals surface area contributed by atoms with E-state index in [2.05, 4.69) is 59.2 Å². The van der Waals surface area contributed by atoms with Gasteiger partial charge in [0.05, 0.1) is 21.3 Å². The van der Waals surface area contributed by atoms with Crippen molar-refractivity contribution < 1.29 is 0 Å². The van der Waals surface area contributed by atoms with Crippen molar-refractivity contribution in [2.75, 3.05) is 0 Å². The quantitative estimate of drug-likeness (QED) is 0.218. The van der Waals surface area contributed by atoms with E-state index in [0.29, 0.717) is 17.6 Å². The van der Waals surface area contributed by atoms with Crippen molar-refractivity contribution in [3.63, 3.8) is 0 Å². The molecule has 0 saturated heterocycles. The predicted octanol–water partition coefficient (Wildman–Crippen LogP) is 9.22. The van der Waals surface area contributed by atoms with Crippen LogP contribution in [0.15, 0.2) is 128 Å². The molecule has 42 heavy (non-hydrogen) atoms. The number of rotatable bonds is 3. The van der Waals surface area contributed by atoms with E-state index >= 15 is 0 Å². The third-order valence-electron chi connectivity index (χ3n) is 7.88. The van der Waals surface area contributed by atoms with Crippen LogP contribution in [0.3, 0.4) is 0 Å². The summed E-state index contributed by atoms with van der Waals surface area (Å²) in [6.45, 7) is 0. The number of aromatic nitrogens is 5. The Kier molecular flexibility index (Phi) is 5.00. The number of thiophene rings is 1. The van der Waals surface area contributed by atoms with Crippen molar-refractivity contribution in [1.29, 1.82) is 0 Å². The summed E-state index contributed by atoms with van der Waals surface area (Å²) >= 11 is 1.81. The van der Waals surface area contributed by atoms with Crippen LogP contribution in [0.25, 0.3) is 81.6 Å². The lowest BCUT2D eigenvalue weighted by Gasteiger charge is -2.11. The first-order valence-electron chi connectivity index (χ1n) is 13.8. The summed E-state index contributed by atoms with van der Waals surface area (Å²) in [7, 11) is 0. The molecule has 5 aromatic carbocycles. The normalized spacial score (nSPS) is 11.8. The third-order valence-corrected chi connectivity index (χ3v) is 9.08. The minimum Gasteiger partial charge on any atom is -0.276 e. The Morgan fingerprint density at radius 2 is 1.24 bits per heavy atom. The molecule has 0 N–H and O–H groups in total. The van der Waals surface area contributed by atoms with E-state index in [9.17, 15) is 0 Å². The Hall–Kier alpha value is -5.46. The molecule has 4 aromatic heterocycles. The maximum atomic E-state index is 5.14. The minimum absolute atomic E-state index is 0.586. The van der Waals surface area contributed by atoms with Gasteiger partial charge in [0.2, 0.25) is 5.95 Å². The zero-order valence-electron chi connectivity index (χ0n) is 22.3. The molecule has 0 fully saturated rings. The first-order chi connectivity index (χ1) is 20.8. The first-order valence-corrected chi connectivity index (χ1v) is 14.6. The summed E-state index contributed by atoms with van der Waals surface area (Å²) in [5, 5.41) is 5.90. The van der Waals surface area contributed by atoms with Crippen LogP contribution < -0.4 is 0 Å². The maximum absolute atomic E-state index is 5.14. The fourth-order valence-electron chi connectivity index (χ4n) is 5.95. The Labute approximate surface area is 244 Å². The topological polar surface area (TPSA) is 56.5 Å². The molecule has 0 aliphatic carbocycles. The first kappa shape index (κ1) is 23.3. The Morgan fingerprint density at radius 3 is 2.00 bits per heavy atom. The number of nitrogens with zero attached hydrogens (tertiary/aromatic N) is 5. The van der Waals surface area contributed by atoms with Crippen LogP contribution in [0.2, 0.25) is 0 Å². The summed E-state index contributed by atoms with van der Waals surface area (Å²) in [6.07, 6.45) is 1.84. The van der Waals surface area contributed by atoms with Crippen molar-refractivity contribution in [3.05, 3.63) is 128 Å². The second-order valence-corrected chi connectivity index (χ2v) is 11.4. The molecule has 0 saturated carbocycles. The zero-order valence-corrected chi connectivity index (χ0v) is 23.1. The van der Waals surface area contributed by atoms with Crippen LogP contribution in [0.4, 0.5) is 0 Å². The van der Waals surface area contributed by atoms with Crippen LogP contribution in [0.1, 0.15) is 0 Å². The van der Waals surface area contributed by atoms with Gasteiger partial charge >= 0.3 is 0 Å². The molecule has 9 aromatic rings. The summed E-state index contributed by atoms with van der Waals surface area (Å²) in [5.41, 5.74) is 4.94. The summed E-state index contributed by atoms with van der Waals surface area (Å²) in [4.78, 5) is 19.9. The molecule has 0 atom stereocenters. The van der Waals surface area contributed by atoms with E-state index in [4.69, 9.17) is 19.9 Å². The molecule has 0 bridgehead atoms. The van der Waals surface area contributed by atoms with Crippen LogP contribution in [-0.2, 0) is 0 Å². The fourth-order valence-corrected chi connectivity index (χ4v) is 7.19. The largest absolute Gasteiger partial charge is 0.276 e. The summed E-state index contributed by atoms with van der Waals surface area (Å²) in [6, 6.07) is 41.9. The predicted molar refractivity (Wildman–Crippen MR) is 173 cm³/mol. The number of benzene rings is 5. The number of hydrogen-bond donors (Lipinski definition) is 0. The average Bonchev–Trinajstić information content (AvgIpc) is 3.60. The minimum atomic E-state index is 0.586. The summed E-state index contributed by atoms with van der Waals surface area (Å²) < 4.78 is 4.69. The molecule has 0 amide bonds. The molecule has 0 unspecified atom stereocenters. The van der Waals surface area contributed by atoms with Gasteiger partial charge < -0.3 is 0 Å². The highest BCUT2D eigenvalue weighted by molar-refractivity contribution is 7.26. The van der Waals surface area contributed by atoms with Gasteiger partial charge in [-0.25, -0.2) is 4.98 Å². The fraction of sp³-hybridized carbons (Fsp3) is 0. The van der Waals surface area contributed by atoms with E-state index in [1.165, 1.54) is 20.2 Å². The van der Waals surface area contributed by atoms with Crippen LogP contribution >= 0.6 is 11.3 Å². The van der Waals surface area contributed by atoms with Gasteiger partial charge in [0.1, 0.15) is 0 Å². The van der Waals surface area contributed by atoms with Crippen molar-refractivity contribution in [3.8, 4) is 28.7 Å². The third kappa shape index (κ3) is 3.49. The van der Waals surface area contributed by atoms with Crippen molar-refractivity contribution in [2.45, 2.75) is 0 Å². The van der Waals surface area contributed by atoms with Crippen molar-refractivity contribution in [1.82, 2.24) is 24.5 Å².